The first-order valence-electron chi connectivity index (χ1n) is 4.76. The number of H-pyrrole nitrogens is 1. The van der Waals surface area contributed by atoms with Crippen molar-refractivity contribution in [1.29, 1.82) is 0 Å². The summed E-state index contributed by atoms with van der Waals surface area (Å²) in [5.41, 5.74) is -0.224. The number of halogens is 1. The SMILES string of the molecule is O=c1cnc([C@@H]2O[C@H](CO)C(O)[C@@H]2F)c[nH]1. The molecule has 3 N–H and O–H groups in total. The van der Waals surface area contributed by atoms with Crippen LogP contribution in [0.5, 0.6) is 0 Å². The lowest BCUT2D eigenvalue weighted by Gasteiger charge is -2.11. The smallest absolute Gasteiger partial charge is 0.266 e. The van der Waals surface area contributed by atoms with Crippen molar-refractivity contribution < 1.29 is 19.3 Å². The van der Waals surface area contributed by atoms with Crippen LogP contribution >= 0.6 is 0 Å². The summed E-state index contributed by atoms with van der Waals surface area (Å²) in [5.74, 6) is 0. The van der Waals surface area contributed by atoms with Gasteiger partial charge in [0.2, 0.25) is 0 Å². The zero-order valence-corrected chi connectivity index (χ0v) is 8.21. The van der Waals surface area contributed by atoms with Crippen LogP contribution in [0.15, 0.2) is 17.2 Å². The summed E-state index contributed by atoms with van der Waals surface area (Å²) < 4.78 is 18.7. The Morgan fingerprint density at radius 1 is 1.62 bits per heavy atom. The molecule has 0 radical (unpaired) electrons. The third-order valence-corrected chi connectivity index (χ3v) is 2.48. The van der Waals surface area contributed by atoms with Crippen LogP contribution in [0.3, 0.4) is 0 Å². The average molecular weight is 230 g/mol. The molecule has 1 aliphatic heterocycles. The maximum Gasteiger partial charge on any atom is 0.266 e. The van der Waals surface area contributed by atoms with Gasteiger partial charge in [-0.25, -0.2) is 4.39 Å². The Bertz CT molecular complexity index is 404. The van der Waals surface area contributed by atoms with Crippen LogP contribution in [0.2, 0.25) is 0 Å². The van der Waals surface area contributed by atoms with E-state index in [0.717, 1.165) is 6.20 Å². The minimum absolute atomic E-state index is 0.183. The van der Waals surface area contributed by atoms with E-state index in [1.165, 1.54) is 6.20 Å². The van der Waals surface area contributed by atoms with Gasteiger partial charge in [-0.3, -0.25) is 9.78 Å². The number of aliphatic hydroxyl groups excluding tert-OH is 2. The average Bonchev–Trinajstić information content (AvgIpc) is 2.57. The van der Waals surface area contributed by atoms with Gasteiger partial charge in [-0.15, -0.1) is 0 Å². The van der Waals surface area contributed by atoms with Crippen molar-refractivity contribution in [3.8, 4) is 0 Å². The number of hydrogen-bond acceptors (Lipinski definition) is 5. The molecule has 16 heavy (non-hydrogen) atoms. The first-order chi connectivity index (χ1) is 7.63. The molecule has 2 rings (SSSR count). The number of nitrogens with zero attached hydrogens (tertiary/aromatic N) is 1. The van der Waals surface area contributed by atoms with Gasteiger partial charge in [0.15, 0.2) is 6.17 Å². The van der Waals surface area contributed by atoms with Crippen molar-refractivity contribution >= 4 is 0 Å². The molecule has 88 valence electrons. The van der Waals surface area contributed by atoms with Crippen LogP contribution in [0.4, 0.5) is 4.39 Å². The third kappa shape index (κ3) is 1.84. The Kier molecular flexibility index (Phi) is 2.99. The Morgan fingerprint density at radius 2 is 2.38 bits per heavy atom. The van der Waals surface area contributed by atoms with E-state index in [0.29, 0.717) is 0 Å². The first kappa shape index (κ1) is 11.2. The first-order valence-corrected chi connectivity index (χ1v) is 4.76. The number of nitrogens with one attached hydrogen (secondary N) is 1. The van der Waals surface area contributed by atoms with Gasteiger partial charge < -0.3 is 19.9 Å². The molecule has 1 unspecified atom stereocenters. The summed E-state index contributed by atoms with van der Waals surface area (Å²) in [4.78, 5) is 16.8. The van der Waals surface area contributed by atoms with Crippen LogP contribution < -0.4 is 5.56 Å². The van der Waals surface area contributed by atoms with Crippen LogP contribution in [-0.4, -0.2) is 45.2 Å². The Hall–Kier alpha value is -1.31. The van der Waals surface area contributed by atoms with E-state index in [4.69, 9.17) is 9.84 Å². The van der Waals surface area contributed by atoms with Gasteiger partial charge in [0.1, 0.15) is 18.3 Å². The van der Waals surface area contributed by atoms with E-state index in [-0.39, 0.29) is 5.69 Å². The van der Waals surface area contributed by atoms with E-state index in [2.05, 4.69) is 9.97 Å². The Balaban J connectivity index is 2.22. The molecular weight excluding hydrogens is 219 g/mol. The number of hydrogen-bond donors (Lipinski definition) is 3. The van der Waals surface area contributed by atoms with Gasteiger partial charge >= 0.3 is 0 Å². The predicted molar refractivity (Wildman–Crippen MR) is 50.5 cm³/mol. The largest absolute Gasteiger partial charge is 0.394 e. The monoisotopic (exact) mass is 230 g/mol. The third-order valence-electron chi connectivity index (χ3n) is 2.48. The zero-order valence-electron chi connectivity index (χ0n) is 8.21. The van der Waals surface area contributed by atoms with E-state index >= 15 is 0 Å². The number of aromatic nitrogens is 2. The molecule has 0 aromatic carbocycles. The zero-order chi connectivity index (χ0) is 11.7. The molecule has 0 saturated carbocycles. The molecule has 0 aliphatic carbocycles. The molecule has 0 amide bonds. The molecule has 2 heterocycles. The van der Waals surface area contributed by atoms with Gasteiger partial charge in [-0.05, 0) is 0 Å². The topological polar surface area (TPSA) is 95.4 Å². The van der Waals surface area contributed by atoms with Crippen molar-refractivity contribution in [3.63, 3.8) is 0 Å². The van der Waals surface area contributed by atoms with Crippen molar-refractivity contribution in [2.24, 2.45) is 0 Å². The van der Waals surface area contributed by atoms with Crippen molar-refractivity contribution in [3.05, 3.63) is 28.4 Å². The molecule has 1 saturated heterocycles. The minimum atomic E-state index is -1.67. The van der Waals surface area contributed by atoms with Crippen LogP contribution in [-0.2, 0) is 4.74 Å². The maximum atomic E-state index is 13.6. The molecule has 7 heteroatoms. The summed E-state index contributed by atoms with van der Waals surface area (Å²) in [6, 6.07) is 0. The van der Waals surface area contributed by atoms with E-state index < -0.39 is 36.6 Å². The van der Waals surface area contributed by atoms with E-state index in [1.54, 1.807) is 0 Å². The highest BCUT2D eigenvalue weighted by Gasteiger charge is 2.45. The van der Waals surface area contributed by atoms with Gasteiger partial charge in [-0.1, -0.05) is 0 Å². The molecule has 1 fully saturated rings. The standard InChI is InChI=1S/C9H11FN2O4/c10-7-8(15)5(3-13)16-9(7)4-1-12-6(14)2-11-4/h1-2,5,7-9,13,15H,3H2,(H,12,14)/t5-,7+,8?,9+/m1/s1. The fourth-order valence-electron chi connectivity index (χ4n) is 1.62. The second-order valence-corrected chi connectivity index (χ2v) is 3.55. The fraction of sp³-hybridized carbons (Fsp3) is 0.556. The lowest BCUT2D eigenvalue weighted by Crippen LogP contribution is -2.30. The second-order valence-electron chi connectivity index (χ2n) is 3.55. The molecule has 1 aromatic rings. The molecule has 1 aromatic heterocycles. The predicted octanol–water partition coefficient (Wildman–Crippen LogP) is -1.10. The van der Waals surface area contributed by atoms with Gasteiger partial charge in [-0.2, -0.15) is 0 Å². The summed E-state index contributed by atoms with van der Waals surface area (Å²) in [6.07, 6.45) is -2.85. The van der Waals surface area contributed by atoms with Crippen LogP contribution in [0, 0.1) is 0 Å². The summed E-state index contributed by atoms with van der Waals surface area (Å²) in [5, 5.41) is 18.2. The molecule has 0 bridgehead atoms. The number of alkyl halides is 1. The van der Waals surface area contributed by atoms with Crippen molar-refractivity contribution in [1.82, 2.24) is 9.97 Å². The Labute approximate surface area is 89.7 Å². The number of aliphatic hydroxyl groups is 2. The second kappa shape index (κ2) is 4.28. The van der Waals surface area contributed by atoms with Gasteiger partial charge in [0.25, 0.3) is 5.56 Å². The number of rotatable bonds is 2. The van der Waals surface area contributed by atoms with Crippen LogP contribution in [0.25, 0.3) is 0 Å². The van der Waals surface area contributed by atoms with Gasteiger partial charge in [0.05, 0.1) is 18.5 Å². The summed E-state index contributed by atoms with van der Waals surface area (Å²) >= 11 is 0. The molecule has 0 spiro atoms. The Morgan fingerprint density at radius 3 is 2.88 bits per heavy atom. The minimum Gasteiger partial charge on any atom is -0.394 e. The van der Waals surface area contributed by atoms with Gasteiger partial charge in [0, 0.05) is 6.20 Å². The van der Waals surface area contributed by atoms with Crippen molar-refractivity contribution in [2.45, 2.75) is 24.5 Å². The van der Waals surface area contributed by atoms with E-state index in [9.17, 15) is 14.3 Å². The maximum absolute atomic E-state index is 13.6. The molecule has 6 nitrogen and oxygen atoms in total. The molecule has 1 aliphatic rings. The lowest BCUT2D eigenvalue weighted by molar-refractivity contribution is -0.0237. The van der Waals surface area contributed by atoms with Crippen molar-refractivity contribution in [2.75, 3.05) is 6.61 Å². The van der Waals surface area contributed by atoms with Crippen LogP contribution in [0.1, 0.15) is 11.8 Å². The fourth-order valence-corrected chi connectivity index (χ4v) is 1.62. The lowest BCUT2D eigenvalue weighted by atomic mass is 10.1. The summed E-state index contributed by atoms with van der Waals surface area (Å²) in [7, 11) is 0. The highest BCUT2D eigenvalue weighted by Crippen LogP contribution is 2.33. The normalized spacial score (nSPS) is 34.2. The summed E-state index contributed by atoms with van der Waals surface area (Å²) in [6.45, 7) is -0.471. The quantitative estimate of drug-likeness (QED) is 0.599. The van der Waals surface area contributed by atoms with E-state index in [1.807, 2.05) is 0 Å². The molecule has 4 atom stereocenters. The highest BCUT2D eigenvalue weighted by molar-refractivity contribution is 5.07. The molecular formula is C9H11FN2O4. The number of ether oxygens (including phenoxy) is 1. The highest BCUT2D eigenvalue weighted by atomic mass is 19.1. The number of aromatic amines is 1.